The summed E-state index contributed by atoms with van der Waals surface area (Å²) in [7, 11) is 1.41. The molecule has 1 atom stereocenters. The lowest BCUT2D eigenvalue weighted by atomic mass is 10.1. The fraction of sp³-hybridized carbons (Fsp3) is 0.538. The van der Waals surface area contributed by atoms with E-state index in [0.717, 1.165) is 0 Å². The summed E-state index contributed by atoms with van der Waals surface area (Å²) in [6.45, 7) is 0.632. The number of methoxy groups -OCH3 is 1. The second kappa shape index (κ2) is 7.44. The van der Waals surface area contributed by atoms with Gasteiger partial charge in [0.2, 0.25) is 0 Å². The number of nitrogens with one attached hydrogen (secondary N) is 1. The molecule has 1 rings (SSSR count). The smallest absolute Gasteiger partial charge is 0.411 e. The van der Waals surface area contributed by atoms with Crippen molar-refractivity contribution in [3.63, 3.8) is 0 Å². The molecule has 0 spiro atoms. The highest BCUT2D eigenvalue weighted by molar-refractivity contribution is 5.30. The Kier molecular flexibility index (Phi) is 6.22. The Morgan fingerprint density at radius 2 is 2.00 bits per heavy atom. The molecule has 7 heteroatoms. The molecule has 3 nitrogen and oxygen atoms in total. The van der Waals surface area contributed by atoms with E-state index in [0.29, 0.717) is 12.3 Å². The average molecular weight is 295 g/mol. The maximum absolute atomic E-state index is 13.9. The third-order valence-corrected chi connectivity index (χ3v) is 2.58. The molecular weight excluding hydrogens is 278 g/mol. The zero-order chi connectivity index (χ0) is 15.2. The van der Waals surface area contributed by atoms with Crippen molar-refractivity contribution >= 4 is 0 Å². The quantitative estimate of drug-likeness (QED) is 0.784. The van der Waals surface area contributed by atoms with Gasteiger partial charge in [-0.05, 0) is 12.6 Å². The van der Waals surface area contributed by atoms with Gasteiger partial charge in [0.05, 0.1) is 19.8 Å². The van der Waals surface area contributed by atoms with Crippen LogP contribution in [-0.2, 0) is 4.74 Å². The Labute approximate surface area is 114 Å². The average Bonchev–Trinajstić information content (AvgIpc) is 2.36. The van der Waals surface area contributed by atoms with Crippen LogP contribution in [0.25, 0.3) is 0 Å². The summed E-state index contributed by atoms with van der Waals surface area (Å²) in [5.41, 5.74) is 0.245. The third kappa shape index (κ3) is 5.34. The molecule has 114 valence electrons. The van der Waals surface area contributed by atoms with E-state index in [2.05, 4.69) is 10.1 Å². The number of benzene rings is 1. The molecule has 1 aromatic carbocycles. The third-order valence-electron chi connectivity index (χ3n) is 2.58. The highest BCUT2D eigenvalue weighted by atomic mass is 19.4. The number of hydrogen-bond acceptors (Lipinski definition) is 3. The predicted molar refractivity (Wildman–Crippen MR) is 66.2 cm³/mol. The molecule has 0 saturated heterocycles. The standard InChI is InChI=1S/C13H17F4NO2/c1-3-18-12(7-20-8-13(15,16)17)10-5-4-9(19-2)6-11(10)14/h4-6,12,18H,3,7-8H2,1-2H3. The lowest BCUT2D eigenvalue weighted by Gasteiger charge is -2.20. The minimum atomic E-state index is -4.39. The van der Waals surface area contributed by atoms with Gasteiger partial charge in [-0.1, -0.05) is 13.0 Å². The van der Waals surface area contributed by atoms with E-state index in [9.17, 15) is 17.6 Å². The zero-order valence-electron chi connectivity index (χ0n) is 11.3. The molecular formula is C13H17F4NO2. The lowest BCUT2D eigenvalue weighted by molar-refractivity contribution is -0.175. The molecule has 0 aromatic heterocycles. The van der Waals surface area contributed by atoms with Crippen molar-refractivity contribution in [2.45, 2.75) is 19.1 Å². The fourth-order valence-electron chi connectivity index (χ4n) is 1.71. The molecule has 0 bridgehead atoms. The molecule has 0 saturated carbocycles. The molecule has 1 unspecified atom stereocenters. The number of alkyl halides is 3. The van der Waals surface area contributed by atoms with Gasteiger partial charge in [-0.3, -0.25) is 0 Å². The van der Waals surface area contributed by atoms with Crippen LogP contribution in [0.15, 0.2) is 18.2 Å². The van der Waals surface area contributed by atoms with Crippen LogP contribution in [0.5, 0.6) is 5.75 Å². The Bertz CT molecular complexity index is 423. The molecule has 20 heavy (non-hydrogen) atoms. The van der Waals surface area contributed by atoms with E-state index < -0.39 is 24.6 Å². The van der Waals surface area contributed by atoms with Gasteiger partial charge >= 0.3 is 6.18 Å². The van der Waals surface area contributed by atoms with Gasteiger partial charge in [-0.25, -0.2) is 4.39 Å². The van der Waals surface area contributed by atoms with Gasteiger partial charge in [0, 0.05) is 11.6 Å². The van der Waals surface area contributed by atoms with Crippen molar-refractivity contribution in [3.8, 4) is 5.75 Å². The van der Waals surface area contributed by atoms with Gasteiger partial charge in [-0.15, -0.1) is 0 Å². The van der Waals surface area contributed by atoms with Crippen molar-refractivity contribution in [1.29, 1.82) is 0 Å². The van der Waals surface area contributed by atoms with Crippen LogP contribution >= 0.6 is 0 Å². The molecule has 0 fully saturated rings. The zero-order valence-corrected chi connectivity index (χ0v) is 11.3. The second-order valence-corrected chi connectivity index (χ2v) is 4.13. The maximum atomic E-state index is 13.9. The number of likely N-dealkylation sites (N-methyl/N-ethyl adjacent to an activating group) is 1. The summed E-state index contributed by atoms with van der Waals surface area (Å²) in [6, 6.07) is 3.56. The van der Waals surface area contributed by atoms with E-state index in [1.807, 2.05) is 0 Å². The largest absolute Gasteiger partial charge is 0.497 e. The van der Waals surface area contributed by atoms with E-state index in [1.54, 1.807) is 13.0 Å². The van der Waals surface area contributed by atoms with Gasteiger partial charge in [0.25, 0.3) is 0 Å². The van der Waals surface area contributed by atoms with Crippen molar-refractivity contribution in [3.05, 3.63) is 29.6 Å². The first kappa shape index (κ1) is 16.7. The Morgan fingerprint density at radius 3 is 2.50 bits per heavy atom. The SMILES string of the molecule is CCNC(COCC(F)(F)F)c1ccc(OC)cc1F. The molecule has 0 amide bonds. The second-order valence-electron chi connectivity index (χ2n) is 4.13. The van der Waals surface area contributed by atoms with Crippen LogP contribution in [-0.4, -0.2) is 33.0 Å². The highest BCUT2D eigenvalue weighted by Crippen LogP contribution is 2.23. The van der Waals surface area contributed by atoms with Crippen molar-refractivity contribution in [1.82, 2.24) is 5.32 Å². The highest BCUT2D eigenvalue weighted by Gasteiger charge is 2.28. The summed E-state index contributed by atoms with van der Waals surface area (Å²) in [5, 5.41) is 2.89. The first-order chi connectivity index (χ1) is 9.37. The summed E-state index contributed by atoms with van der Waals surface area (Å²) in [6.07, 6.45) is -4.39. The topological polar surface area (TPSA) is 30.5 Å². The first-order valence-corrected chi connectivity index (χ1v) is 6.08. The normalized spacial score (nSPS) is 13.3. The Morgan fingerprint density at radius 1 is 1.30 bits per heavy atom. The van der Waals surface area contributed by atoms with Gasteiger partial charge in [-0.2, -0.15) is 13.2 Å². The minimum Gasteiger partial charge on any atom is -0.497 e. The van der Waals surface area contributed by atoms with Crippen molar-refractivity contribution < 1.29 is 27.0 Å². The van der Waals surface area contributed by atoms with Crippen LogP contribution in [0.1, 0.15) is 18.5 Å². The van der Waals surface area contributed by atoms with E-state index in [4.69, 9.17) is 4.74 Å². The summed E-state index contributed by atoms with van der Waals surface area (Å²) < 4.78 is 59.5. The monoisotopic (exact) mass is 295 g/mol. The summed E-state index contributed by atoms with van der Waals surface area (Å²) in [4.78, 5) is 0. The lowest BCUT2D eigenvalue weighted by Crippen LogP contribution is -2.28. The molecule has 0 aliphatic heterocycles. The van der Waals surface area contributed by atoms with Crippen LogP contribution < -0.4 is 10.1 Å². The molecule has 1 N–H and O–H groups in total. The van der Waals surface area contributed by atoms with Crippen LogP contribution in [0.3, 0.4) is 0 Å². The van der Waals surface area contributed by atoms with Crippen LogP contribution in [0.2, 0.25) is 0 Å². The van der Waals surface area contributed by atoms with Gasteiger partial charge in [0.1, 0.15) is 18.2 Å². The summed E-state index contributed by atoms with van der Waals surface area (Å²) in [5.74, 6) is -0.205. The van der Waals surface area contributed by atoms with Crippen molar-refractivity contribution in [2.24, 2.45) is 0 Å². The molecule has 0 heterocycles. The Hall–Kier alpha value is -1.34. The van der Waals surface area contributed by atoms with Gasteiger partial charge in [0.15, 0.2) is 0 Å². The molecule has 0 radical (unpaired) electrons. The number of halogens is 4. The number of hydrogen-bond donors (Lipinski definition) is 1. The van der Waals surface area contributed by atoms with E-state index >= 15 is 0 Å². The molecule has 0 aliphatic carbocycles. The first-order valence-electron chi connectivity index (χ1n) is 6.08. The molecule has 1 aromatic rings. The maximum Gasteiger partial charge on any atom is 0.411 e. The predicted octanol–water partition coefficient (Wildman–Crippen LogP) is 3.06. The number of ether oxygens (including phenoxy) is 2. The Balaban J connectivity index is 2.75. The fourth-order valence-corrected chi connectivity index (χ4v) is 1.71. The molecule has 0 aliphatic rings. The van der Waals surface area contributed by atoms with Crippen LogP contribution in [0.4, 0.5) is 17.6 Å². The van der Waals surface area contributed by atoms with Gasteiger partial charge < -0.3 is 14.8 Å². The van der Waals surface area contributed by atoms with E-state index in [-0.39, 0.29) is 12.2 Å². The number of rotatable bonds is 7. The minimum absolute atomic E-state index is 0.245. The van der Waals surface area contributed by atoms with Crippen molar-refractivity contribution in [2.75, 3.05) is 26.9 Å². The summed E-state index contributed by atoms with van der Waals surface area (Å²) >= 11 is 0. The van der Waals surface area contributed by atoms with E-state index in [1.165, 1.54) is 19.2 Å². The van der Waals surface area contributed by atoms with Crippen LogP contribution in [0, 0.1) is 5.82 Å².